The molecule has 1 aromatic carbocycles. The van der Waals surface area contributed by atoms with Crippen molar-refractivity contribution in [2.24, 2.45) is 5.73 Å². The summed E-state index contributed by atoms with van der Waals surface area (Å²) in [6, 6.07) is 8.56. The van der Waals surface area contributed by atoms with E-state index in [1.54, 1.807) is 31.2 Å². The molecule has 1 spiro atoms. The molecule has 29 heavy (non-hydrogen) atoms. The fourth-order valence-electron chi connectivity index (χ4n) is 3.72. The molecule has 0 bridgehead atoms. The van der Waals surface area contributed by atoms with Gasteiger partial charge >= 0.3 is 5.97 Å². The van der Waals surface area contributed by atoms with Crippen molar-refractivity contribution in [1.82, 2.24) is 4.90 Å². The monoisotopic (exact) mass is 393 g/mol. The Morgan fingerprint density at radius 2 is 2.10 bits per heavy atom. The molecule has 8 nitrogen and oxygen atoms in total. The van der Waals surface area contributed by atoms with Gasteiger partial charge in [-0.3, -0.25) is 4.79 Å². The highest BCUT2D eigenvalue weighted by Gasteiger charge is 2.62. The van der Waals surface area contributed by atoms with Gasteiger partial charge in [0.25, 0.3) is 0 Å². The van der Waals surface area contributed by atoms with Crippen LogP contribution in [-0.4, -0.2) is 43.6 Å². The average molecular weight is 393 g/mol. The third kappa shape index (κ3) is 2.82. The fraction of sp³-hybridized carbons (Fsp3) is 0.286. The predicted octanol–water partition coefficient (Wildman–Crippen LogP) is 0.950. The van der Waals surface area contributed by atoms with Crippen LogP contribution < -0.4 is 10.5 Å². The molecule has 2 aliphatic rings. The molecular formula is C21H19N3O5. The zero-order chi connectivity index (χ0) is 21.2. The molecule has 0 aromatic heterocycles. The smallest absolute Gasteiger partial charge is 0.337 e. The highest BCUT2D eigenvalue weighted by atomic mass is 16.6. The van der Waals surface area contributed by atoms with Gasteiger partial charge in [0.05, 0.1) is 18.7 Å². The number of nitrogens with two attached hydrogens (primary N) is 1. The second kappa shape index (κ2) is 7.70. The molecule has 0 aliphatic carbocycles. The highest BCUT2D eigenvalue weighted by molar-refractivity contribution is 6.12. The van der Waals surface area contributed by atoms with Gasteiger partial charge in [-0.05, 0) is 13.0 Å². The van der Waals surface area contributed by atoms with Crippen LogP contribution in [0.4, 0.5) is 0 Å². The molecule has 0 fully saturated rings. The maximum absolute atomic E-state index is 13.7. The molecule has 0 unspecified atom stereocenters. The Kier molecular flexibility index (Phi) is 5.31. The molecule has 148 valence electrons. The number of ether oxygens (including phenoxy) is 3. The Morgan fingerprint density at radius 3 is 2.76 bits per heavy atom. The van der Waals surface area contributed by atoms with Gasteiger partial charge in [-0.25, -0.2) is 4.79 Å². The quantitative estimate of drug-likeness (QED) is 0.450. The van der Waals surface area contributed by atoms with Crippen molar-refractivity contribution < 1.29 is 23.8 Å². The summed E-state index contributed by atoms with van der Waals surface area (Å²) in [6.45, 7) is 1.66. The van der Waals surface area contributed by atoms with Gasteiger partial charge in [0.2, 0.25) is 11.8 Å². The standard InChI is InChI=1S/C21H19N3O5/c1-4-9-24-13(2)17(19(25)28-11-10-27-3)21(20(24)26)14-7-5-6-8-16(14)29-18(23)15(21)12-22/h1,5-8H,9-11,23H2,2-3H3/t21-/m0/s1. The molecule has 0 saturated heterocycles. The van der Waals surface area contributed by atoms with E-state index in [-0.39, 0.29) is 42.5 Å². The molecule has 1 atom stereocenters. The molecule has 3 rings (SSSR count). The van der Waals surface area contributed by atoms with Crippen molar-refractivity contribution in [2.45, 2.75) is 12.3 Å². The first-order valence-corrected chi connectivity index (χ1v) is 8.75. The number of terminal acetylenes is 1. The summed E-state index contributed by atoms with van der Waals surface area (Å²) >= 11 is 0. The first-order chi connectivity index (χ1) is 13.9. The normalized spacial score (nSPS) is 20.3. The Bertz CT molecular complexity index is 1030. The molecule has 2 heterocycles. The van der Waals surface area contributed by atoms with E-state index in [1.807, 2.05) is 6.07 Å². The van der Waals surface area contributed by atoms with Crippen molar-refractivity contribution in [1.29, 1.82) is 5.26 Å². The van der Waals surface area contributed by atoms with Crippen molar-refractivity contribution in [3.8, 4) is 24.2 Å². The van der Waals surface area contributed by atoms with Crippen molar-refractivity contribution in [2.75, 3.05) is 26.9 Å². The number of amides is 1. The molecule has 0 saturated carbocycles. The number of fused-ring (bicyclic) bond motifs is 2. The van der Waals surface area contributed by atoms with Crippen molar-refractivity contribution >= 4 is 11.9 Å². The Hall–Kier alpha value is -3.75. The zero-order valence-corrected chi connectivity index (χ0v) is 16.0. The molecule has 1 amide bonds. The molecular weight excluding hydrogens is 374 g/mol. The largest absolute Gasteiger partial charge is 0.460 e. The Morgan fingerprint density at radius 1 is 1.38 bits per heavy atom. The van der Waals surface area contributed by atoms with Crippen LogP contribution in [0.15, 0.2) is 47.0 Å². The minimum atomic E-state index is -1.79. The molecule has 2 aliphatic heterocycles. The first kappa shape index (κ1) is 20.0. The number of carbonyl (C=O) groups is 2. The van der Waals surface area contributed by atoms with Crippen LogP contribution in [-0.2, 0) is 24.5 Å². The summed E-state index contributed by atoms with van der Waals surface area (Å²) in [4.78, 5) is 28.0. The van der Waals surface area contributed by atoms with Gasteiger partial charge in [-0.1, -0.05) is 24.1 Å². The van der Waals surface area contributed by atoms with Crippen LogP contribution in [0, 0.1) is 23.7 Å². The number of benzene rings is 1. The van der Waals surface area contributed by atoms with Crippen molar-refractivity contribution in [3.05, 3.63) is 52.6 Å². The molecule has 8 heteroatoms. The second-order valence-electron chi connectivity index (χ2n) is 6.38. The summed E-state index contributed by atoms with van der Waals surface area (Å²) < 4.78 is 15.8. The third-order valence-electron chi connectivity index (χ3n) is 4.93. The lowest BCUT2D eigenvalue weighted by Gasteiger charge is -2.35. The number of para-hydroxylation sites is 1. The number of esters is 1. The predicted molar refractivity (Wildman–Crippen MR) is 102 cm³/mol. The topological polar surface area (TPSA) is 115 Å². The van der Waals surface area contributed by atoms with Gasteiger partial charge in [-0.2, -0.15) is 5.26 Å². The summed E-state index contributed by atoms with van der Waals surface area (Å²) in [5.41, 5.74) is 4.64. The highest BCUT2D eigenvalue weighted by Crippen LogP contribution is 2.53. The van der Waals surface area contributed by atoms with E-state index in [9.17, 15) is 14.9 Å². The van der Waals surface area contributed by atoms with Crippen LogP contribution >= 0.6 is 0 Å². The van der Waals surface area contributed by atoms with Gasteiger partial charge in [-0.15, -0.1) is 6.42 Å². The zero-order valence-electron chi connectivity index (χ0n) is 16.0. The number of hydrogen-bond acceptors (Lipinski definition) is 7. The average Bonchev–Trinajstić information content (AvgIpc) is 2.91. The summed E-state index contributed by atoms with van der Waals surface area (Å²) in [7, 11) is 1.47. The van der Waals surface area contributed by atoms with Crippen LogP contribution in [0.5, 0.6) is 5.75 Å². The van der Waals surface area contributed by atoms with E-state index in [2.05, 4.69) is 5.92 Å². The molecule has 1 aromatic rings. The number of allylic oxidation sites excluding steroid dienone is 1. The van der Waals surface area contributed by atoms with Crippen LogP contribution in [0.2, 0.25) is 0 Å². The SMILES string of the molecule is C#CCN1C(=O)[C@@]2(C(C#N)=C(N)Oc3ccccc32)C(C(=O)OCCOC)=C1C. The number of nitrogens with zero attached hydrogens (tertiary/aromatic N) is 2. The first-order valence-electron chi connectivity index (χ1n) is 8.75. The van der Waals surface area contributed by atoms with Gasteiger partial charge < -0.3 is 24.8 Å². The molecule has 2 N–H and O–H groups in total. The lowest BCUT2D eigenvalue weighted by molar-refractivity contribution is -0.142. The Labute approximate surface area is 168 Å². The van der Waals surface area contributed by atoms with Gasteiger partial charge in [0.15, 0.2) is 5.41 Å². The number of nitriles is 1. The minimum absolute atomic E-state index is 0.0101. The van der Waals surface area contributed by atoms with E-state index < -0.39 is 17.3 Å². The van der Waals surface area contributed by atoms with E-state index in [1.165, 1.54) is 12.0 Å². The van der Waals surface area contributed by atoms with Crippen LogP contribution in [0.1, 0.15) is 12.5 Å². The summed E-state index contributed by atoms with van der Waals surface area (Å²) in [5, 5.41) is 9.87. The number of hydrogen-bond donors (Lipinski definition) is 1. The Balaban J connectivity index is 2.31. The maximum atomic E-state index is 13.7. The summed E-state index contributed by atoms with van der Waals surface area (Å²) in [5.74, 6) is 1.12. The van der Waals surface area contributed by atoms with E-state index >= 15 is 0 Å². The van der Waals surface area contributed by atoms with E-state index in [0.29, 0.717) is 11.3 Å². The maximum Gasteiger partial charge on any atom is 0.337 e. The van der Waals surface area contributed by atoms with Gasteiger partial charge in [0, 0.05) is 18.4 Å². The lowest BCUT2D eigenvalue weighted by Crippen LogP contribution is -2.47. The van der Waals surface area contributed by atoms with Crippen molar-refractivity contribution in [3.63, 3.8) is 0 Å². The van der Waals surface area contributed by atoms with Gasteiger partial charge in [0.1, 0.15) is 24.0 Å². The number of carbonyl (C=O) groups excluding carboxylic acids is 2. The second-order valence-corrected chi connectivity index (χ2v) is 6.38. The van der Waals surface area contributed by atoms with E-state index in [0.717, 1.165) is 0 Å². The van der Waals surface area contributed by atoms with Crippen LogP contribution in [0.25, 0.3) is 0 Å². The number of rotatable bonds is 5. The minimum Gasteiger partial charge on any atom is -0.460 e. The lowest BCUT2D eigenvalue weighted by atomic mass is 9.68. The van der Waals surface area contributed by atoms with Crippen LogP contribution in [0.3, 0.4) is 0 Å². The van der Waals surface area contributed by atoms with E-state index in [4.69, 9.17) is 26.4 Å². The fourth-order valence-corrected chi connectivity index (χ4v) is 3.72. The third-order valence-corrected chi connectivity index (χ3v) is 4.93. The summed E-state index contributed by atoms with van der Waals surface area (Å²) in [6.07, 6.45) is 5.43. The number of methoxy groups -OCH3 is 1. The molecule has 0 radical (unpaired) electrons.